The number of hydrogen-bond acceptors (Lipinski definition) is 4. The molecule has 126 valence electrons. The summed E-state index contributed by atoms with van der Waals surface area (Å²) in [5, 5.41) is 12.6. The molecule has 2 N–H and O–H groups in total. The first-order valence-corrected chi connectivity index (χ1v) is 8.07. The molecule has 0 bridgehead atoms. The highest BCUT2D eigenvalue weighted by molar-refractivity contribution is 6.05. The van der Waals surface area contributed by atoms with Crippen molar-refractivity contribution in [1.29, 1.82) is 0 Å². The van der Waals surface area contributed by atoms with Crippen LogP contribution in [0.1, 0.15) is 28.8 Å². The highest BCUT2D eigenvalue weighted by Gasteiger charge is 2.16. The van der Waals surface area contributed by atoms with Crippen LogP contribution in [0.15, 0.2) is 42.5 Å². The SMILES string of the molecule is Cc1ccc(NC(=O)c2ccc(OCC3CCCO3)cc2)c(O)c1. The molecule has 0 radical (unpaired) electrons. The molecule has 0 spiro atoms. The van der Waals surface area contributed by atoms with Crippen molar-refractivity contribution in [3.63, 3.8) is 0 Å². The highest BCUT2D eigenvalue weighted by Crippen LogP contribution is 2.24. The maximum absolute atomic E-state index is 12.2. The minimum atomic E-state index is -0.278. The molecular formula is C19H21NO4. The van der Waals surface area contributed by atoms with Gasteiger partial charge in [0.05, 0.1) is 11.8 Å². The molecule has 1 unspecified atom stereocenters. The molecule has 0 saturated carbocycles. The van der Waals surface area contributed by atoms with Crippen molar-refractivity contribution in [2.75, 3.05) is 18.5 Å². The maximum Gasteiger partial charge on any atom is 0.255 e. The van der Waals surface area contributed by atoms with Crippen LogP contribution < -0.4 is 10.1 Å². The smallest absolute Gasteiger partial charge is 0.255 e. The first-order chi connectivity index (χ1) is 11.6. The lowest BCUT2D eigenvalue weighted by molar-refractivity contribution is 0.0679. The summed E-state index contributed by atoms with van der Waals surface area (Å²) in [5.41, 5.74) is 1.82. The fourth-order valence-electron chi connectivity index (χ4n) is 2.61. The summed E-state index contributed by atoms with van der Waals surface area (Å²) in [6.07, 6.45) is 2.27. The molecule has 5 heteroatoms. The van der Waals surface area contributed by atoms with Crippen molar-refractivity contribution in [3.05, 3.63) is 53.6 Å². The van der Waals surface area contributed by atoms with Gasteiger partial charge in [-0.3, -0.25) is 4.79 Å². The number of carbonyl (C=O) groups excluding carboxylic acids is 1. The zero-order valence-corrected chi connectivity index (χ0v) is 13.6. The molecule has 5 nitrogen and oxygen atoms in total. The quantitative estimate of drug-likeness (QED) is 0.825. The number of aromatic hydroxyl groups is 1. The lowest BCUT2D eigenvalue weighted by Gasteiger charge is -2.12. The molecule has 24 heavy (non-hydrogen) atoms. The number of rotatable bonds is 5. The molecule has 0 aliphatic carbocycles. The average Bonchev–Trinajstić information content (AvgIpc) is 3.09. The third-order valence-electron chi connectivity index (χ3n) is 3.98. The van der Waals surface area contributed by atoms with E-state index in [9.17, 15) is 9.90 Å². The van der Waals surface area contributed by atoms with Gasteiger partial charge in [-0.1, -0.05) is 6.07 Å². The molecule has 1 amide bonds. The van der Waals surface area contributed by atoms with Crippen LogP contribution in [0.25, 0.3) is 0 Å². The maximum atomic E-state index is 12.2. The molecule has 2 aromatic rings. The van der Waals surface area contributed by atoms with Crippen molar-refractivity contribution in [2.45, 2.75) is 25.9 Å². The molecule has 1 aliphatic heterocycles. The number of nitrogens with one attached hydrogen (secondary N) is 1. The summed E-state index contributed by atoms with van der Waals surface area (Å²) in [4.78, 5) is 12.2. The largest absolute Gasteiger partial charge is 0.506 e. The Labute approximate surface area is 141 Å². The van der Waals surface area contributed by atoms with Gasteiger partial charge in [0.25, 0.3) is 5.91 Å². The van der Waals surface area contributed by atoms with Crippen LogP contribution >= 0.6 is 0 Å². The summed E-state index contributed by atoms with van der Waals surface area (Å²) in [7, 11) is 0. The van der Waals surface area contributed by atoms with E-state index < -0.39 is 0 Å². The number of phenols is 1. The normalized spacial score (nSPS) is 16.8. The fraction of sp³-hybridized carbons (Fsp3) is 0.316. The molecule has 1 atom stereocenters. The second-order valence-corrected chi connectivity index (χ2v) is 5.95. The van der Waals surface area contributed by atoms with Gasteiger partial charge in [-0.05, 0) is 61.7 Å². The van der Waals surface area contributed by atoms with Gasteiger partial charge in [0.15, 0.2) is 0 Å². The number of anilines is 1. The third-order valence-corrected chi connectivity index (χ3v) is 3.98. The molecule has 1 fully saturated rings. The Bertz CT molecular complexity index is 706. The molecule has 0 aromatic heterocycles. The van der Waals surface area contributed by atoms with Crippen molar-refractivity contribution in [1.82, 2.24) is 0 Å². The first-order valence-electron chi connectivity index (χ1n) is 8.07. The van der Waals surface area contributed by atoms with E-state index in [0.717, 1.165) is 25.0 Å². The molecule has 1 heterocycles. The standard InChI is InChI=1S/C19H21NO4/c1-13-4-9-17(18(21)11-13)20-19(22)14-5-7-15(8-6-14)24-12-16-3-2-10-23-16/h4-9,11,16,21H,2-3,10,12H2,1H3,(H,20,22). The monoisotopic (exact) mass is 327 g/mol. The third kappa shape index (κ3) is 4.06. The number of hydrogen-bond donors (Lipinski definition) is 2. The average molecular weight is 327 g/mol. The van der Waals surface area contributed by atoms with E-state index >= 15 is 0 Å². The molecular weight excluding hydrogens is 306 g/mol. The minimum Gasteiger partial charge on any atom is -0.506 e. The second-order valence-electron chi connectivity index (χ2n) is 5.95. The van der Waals surface area contributed by atoms with Gasteiger partial charge >= 0.3 is 0 Å². The Kier molecular flexibility index (Phi) is 5.01. The van der Waals surface area contributed by atoms with Crippen LogP contribution in [0.4, 0.5) is 5.69 Å². The number of benzene rings is 2. The lowest BCUT2D eigenvalue weighted by atomic mass is 10.1. The van der Waals surface area contributed by atoms with Crippen LogP contribution in [0.5, 0.6) is 11.5 Å². The molecule has 1 aliphatic rings. The Hall–Kier alpha value is -2.53. The van der Waals surface area contributed by atoms with E-state index in [-0.39, 0.29) is 17.8 Å². The van der Waals surface area contributed by atoms with E-state index in [2.05, 4.69) is 5.32 Å². The fourth-order valence-corrected chi connectivity index (χ4v) is 2.61. The number of phenolic OH excluding ortho intramolecular Hbond substituents is 1. The van der Waals surface area contributed by atoms with E-state index in [1.54, 1.807) is 36.4 Å². The van der Waals surface area contributed by atoms with Gasteiger partial charge in [0.2, 0.25) is 0 Å². The van der Waals surface area contributed by atoms with Gasteiger partial charge in [-0.25, -0.2) is 0 Å². The zero-order valence-electron chi connectivity index (χ0n) is 13.6. The number of amides is 1. The summed E-state index contributed by atoms with van der Waals surface area (Å²) in [6.45, 7) is 3.21. The van der Waals surface area contributed by atoms with Gasteiger partial charge in [-0.2, -0.15) is 0 Å². The van der Waals surface area contributed by atoms with Crippen molar-refractivity contribution in [2.24, 2.45) is 0 Å². The van der Waals surface area contributed by atoms with E-state index in [1.807, 2.05) is 13.0 Å². The Morgan fingerprint density at radius 2 is 2.08 bits per heavy atom. The van der Waals surface area contributed by atoms with Gasteiger partial charge in [-0.15, -0.1) is 0 Å². The summed E-state index contributed by atoms with van der Waals surface area (Å²) in [5.74, 6) is 0.486. The molecule has 1 saturated heterocycles. The Morgan fingerprint density at radius 1 is 1.29 bits per heavy atom. The van der Waals surface area contributed by atoms with E-state index in [1.165, 1.54) is 0 Å². The molecule has 2 aromatic carbocycles. The summed E-state index contributed by atoms with van der Waals surface area (Å²) >= 11 is 0. The summed E-state index contributed by atoms with van der Waals surface area (Å²) < 4.78 is 11.2. The van der Waals surface area contributed by atoms with Gasteiger partial charge < -0.3 is 19.9 Å². The van der Waals surface area contributed by atoms with Crippen molar-refractivity contribution < 1.29 is 19.4 Å². The van der Waals surface area contributed by atoms with Gasteiger partial charge in [0.1, 0.15) is 18.1 Å². The van der Waals surface area contributed by atoms with Crippen LogP contribution in [-0.4, -0.2) is 30.3 Å². The van der Waals surface area contributed by atoms with Crippen LogP contribution in [0.2, 0.25) is 0 Å². The summed E-state index contributed by atoms with van der Waals surface area (Å²) in [6, 6.07) is 12.0. The van der Waals surface area contributed by atoms with Crippen molar-refractivity contribution in [3.8, 4) is 11.5 Å². The topological polar surface area (TPSA) is 67.8 Å². The van der Waals surface area contributed by atoms with Crippen LogP contribution in [-0.2, 0) is 4.74 Å². The number of carbonyl (C=O) groups is 1. The number of ether oxygens (including phenoxy) is 2. The number of aryl methyl sites for hydroxylation is 1. The van der Waals surface area contributed by atoms with E-state index in [0.29, 0.717) is 23.6 Å². The van der Waals surface area contributed by atoms with Crippen LogP contribution in [0.3, 0.4) is 0 Å². The first kappa shape index (κ1) is 16.3. The van der Waals surface area contributed by atoms with E-state index in [4.69, 9.17) is 9.47 Å². The van der Waals surface area contributed by atoms with Crippen molar-refractivity contribution >= 4 is 11.6 Å². The zero-order chi connectivity index (χ0) is 16.9. The van der Waals surface area contributed by atoms with Gasteiger partial charge in [0, 0.05) is 12.2 Å². The predicted octanol–water partition coefficient (Wildman–Crippen LogP) is 3.51. The lowest BCUT2D eigenvalue weighted by Crippen LogP contribution is -2.16. The highest BCUT2D eigenvalue weighted by atomic mass is 16.5. The Morgan fingerprint density at radius 3 is 2.75 bits per heavy atom. The minimum absolute atomic E-state index is 0.0554. The second kappa shape index (κ2) is 7.36. The Balaban J connectivity index is 1.58. The molecule has 3 rings (SSSR count). The predicted molar refractivity (Wildman–Crippen MR) is 91.7 cm³/mol. The van der Waals surface area contributed by atoms with Crippen LogP contribution in [0, 0.1) is 6.92 Å².